The standard InChI is InChI=1S/C16H12BrCl3O/c1-9(21)15(10-2-4-11(17)5-3-10)16(20)13-7-6-12(18)8-14(13)19/h2-9,21H,1H3. The second kappa shape index (κ2) is 7.17. The molecule has 0 bridgehead atoms. The van der Waals surface area contributed by atoms with Crippen molar-refractivity contribution in [1.29, 1.82) is 0 Å². The van der Waals surface area contributed by atoms with Crippen molar-refractivity contribution < 1.29 is 5.11 Å². The lowest BCUT2D eigenvalue weighted by atomic mass is 9.98. The number of hydrogen-bond acceptors (Lipinski definition) is 1. The molecule has 0 spiro atoms. The fraction of sp³-hybridized carbons (Fsp3) is 0.125. The Labute approximate surface area is 147 Å². The van der Waals surface area contributed by atoms with E-state index in [0.29, 0.717) is 26.2 Å². The van der Waals surface area contributed by atoms with E-state index in [2.05, 4.69) is 15.9 Å². The maximum atomic E-state index is 10.1. The predicted octanol–water partition coefficient (Wildman–Crippen LogP) is 6.24. The van der Waals surface area contributed by atoms with Gasteiger partial charge in [0.25, 0.3) is 0 Å². The van der Waals surface area contributed by atoms with Crippen LogP contribution in [0.15, 0.2) is 46.9 Å². The topological polar surface area (TPSA) is 20.2 Å². The molecule has 0 saturated carbocycles. The van der Waals surface area contributed by atoms with Crippen LogP contribution in [0.4, 0.5) is 0 Å². The highest BCUT2D eigenvalue weighted by atomic mass is 79.9. The first-order chi connectivity index (χ1) is 9.90. The maximum absolute atomic E-state index is 10.1. The fourth-order valence-corrected chi connectivity index (χ4v) is 3.24. The van der Waals surface area contributed by atoms with E-state index >= 15 is 0 Å². The highest BCUT2D eigenvalue weighted by Gasteiger charge is 2.17. The van der Waals surface area contributed by atoms with Gasteiger partial charge in [0.2, 0.25) is 0 Å². The van der Waals surface area contributed by atoms with Gasteiger partial charge in [0.15, 0.2) is 0 Å². The zero-order chi connectivity index (χ0) is 15.6. The first-order valence-electron chi connectivity index (χ1n) is 6.19. The smallest absolute Gasteiger partial charge is 0.0782 e. The van der Waals surface area contributed by atoms with Gasteiger partial charge in [-0.25, -0.2) is 0 Å². The van der Waals surface area contributed by atoms with Gasteiger partial charge in [0, 0.05) is 20.6 Å². The lowest BCUT2D eigenvalue weighted by molar-refractivity contribution is 0.254. The van der Waals surface area contributed by atoms with Gasteiger partial charge in [-0.15, -0.1) is 0 Å². The number of aliphatic hydroxyl groups excluding tert-OH is 1. The molecular formula is C16H12BrCl3O. The van der Waals surface area contributed by atoms with Gasteiger partial charge in [0.1, 0.15) is 0 Å². The third-order valence-electron chi connectivity index (χ3n) is 2.98. The van der Waals surface area contributed by atoms with E-state index in [9.17, 15) is 5.11 Å². The summed E-state index contributed by atoms with van der Waals surface area (Å²) in [6, 6.07) is 12.6. The molecule has 0 aromatic heterocycles. The van der Waals surface area contributed by atoms with Crippen LogP contribution in [0.2, 0.25) is 10.0 Å². The average Bonchev–Trinajstić information content (AvgIpc) is 2.40. The van der Waals surface area contributed by atoms with E-state index in [1.807, 2.05) is 24.3 Å². The Morgan fingerprint density at radius 1 is 1.10 bits per heavy atom. The van der Waals surface area contributed by atoms with E-state index in [-0.39, 0.29) is 0 Å². The van der Waals surface area contributed by atoms with Crippen LogP contribution in [0, 0.1) is 0 Å². The molecular weight excluding hydrogens is 394 g/mol. The Kier molecular flexibility index (Phi) is 5.75. The van der Waals surface area contributed by atoms with Crippen molar-refractivity contribution in [3.05, 3.63) is 68.1 Å². The van der Waals surface area contributed by atoms with E-state index in [1.165, 1.54) is 0 Å². The van der Waals surface area contributed by atoms with Gasteiger partial charge in [-0.1, -0.05) is 68.9 Å². The van der Waals surface area contributed by atoms with Crippen molar-refractivity contribution in [2.75, 3.05) is 0 Å². The monoisotopic (exact) mass is 404 g/mol. The summed E-state index contributed by atoms with van der Waals surface area (Å²) in [5.74, 6) is 0. The van der Waals surface area contributed by atoms with Crippen LogP contribution < -0.4 is 0 Å². The van der Waals surface area contributed by atoms with Crippen molar-refractivity contribution in [3.63, 3.8) is 0 Å². The normalized spacial score (nSPS) is 13.8. The van der Waals surface area contributed by atoms with Crippen molar-refractivity contribution in [2.45, 2.75) is 13.0 Å². The molecule has 21 heavy (non-hydrogen) atoms. The molecule has 0 heterocycles. The Morgan fingerprint density at radius 3 is 2.24 bits per heavy atom. The number of aliphatic hydroxyl groups is 1. The minimum Gasteiger partial charge on any atom is -0.389 e. The number of rotatable bonds is 3. The van der Waals surface area contributed by atoms with Gasteiger partial charge >= 0.3 is 0 Å². The van der Waals surface area contributed by atoms with Gasteiger partial charge in [-0.2, -0.15) is 0 Å². The highest BCUT2D eigenvalue weighted by Crippen LogP contribution is 2.36. The number of benzene rings is 2. The highest BCUT2D eigenvalue weighted by molar-refractivity contribution is 9.10. The fourth-order valence-electron chi connectivity index (χ4n) is 1.99. The largest absolute Gasteiger partial charge is 0.389 e. The number of hydrogen-bond donors (Lipinski definition) is 1. The lowest BCUT2D eigenvalue weighted by Crippen LogP contribution is -2.05. The lowest BCUT2D eigenvalue weighted by Gasteiger charge is -2.15. The summed E-state index contributed by atoms with van der Waals surface area (Å²) in [7, 11) is 0. The third-order valence-corrected chi connectivity index (χ3v) is 4.46. The predicted molar refractivity (Wildman–Crippen MR) is 95.0 cm³/mol. The number of halogens is 4. The van der Waals surface area contributed by atoms with Crippen LogP contribution >= 0.6 is 50.7 Å². The van der Waals surface area contributed by atoms with E-state index in [0.717, 1.165) is 10.0 Å². The SMILES string of the molecule is CC(O)C(=C(Cl)c1ccc(Cl)cc1Cl)c1ccc(Br)cc1. The summed E-state index contributed by atoms with van der Waals surface area (Å²) >= 11 is 22.0. The van der Waals surface area contributed by atoms with E-state index in [4.69, 9.17) is 34.8 Å². The molecule has 0 fully saturated rings. The molecule has 0 aliphatic heterocycles. The van der Waals surface area contributed by atoms with Gasteiger partial charge < -0.3 is 5.11 Å². The van der Waals surface area contributed by atoms with Crippen LogP contribution in [0.5, 0.6) is 0 Å². The quantitative estimate of drug-likeness (QED) is 0.598. The van der Waals surface area contributed by atoms with Gasteiger partial charge in [-0.05, 0) is 36.8 Å². The van der Waals surface area contributed by atoms with E-state index in [1.54, 1.807) is 25.1 Å². The van der Waals surface area contributed by atoms with Crippen LogP contribution in [-0.4, -0.2) is 11.2 Å². The maximum Gasteiger partial charge on any atom is 0.0782 e. The second-order valence-electron chi connectivity index (χ2n) is 4.53. The van der Waals surface area contributed by atoms with E-state index < -0.39 is 6.10 Å². The minimum atomic E-state index is -0.731. The molecule has 0 saturated heterocycles. The molecule has 1 N–H and O–H groups in total. The molecule has 2 rings (SSSR count). The molecule has 0 radical (unpaired) electrons. The first kappa shape index (κ1) is 16.9. The molecule has 1 nitrogen and oxygen atoms in total. The Balaban J connectivity index is 2.61. The molecule has 5 heteroatoms. The molecule has 2 aromatic carbocycles. The molecule has 1 atom stereocenters. The Hall–Kier alpha value is -0.510. The van der Waals surface area contributed by atoms with Crippen LogP contribution in [-0.2, 0) is 0 Å². The first-order valence-corrected chi connectivity index (χ1v) is 8.12. The van der Waals surface area contributed by atoms with Crippen molar-refractivity contribution >= 4 is 61.3 Å². The molecule has 110 valence electrons. The molecule has 0 aliphatic carbocycles. The van der Waals surface area contributed by atoms with Crippen molar-refractivity contribution in [3.8, 4) is 0 Å². The molecule has 0 aliphatic rings. The van der Waals surface area contributed by atoms with Crippen molar-refractivity contribution in [2.24, 2.45) is 0 Å². The second-order valence-corrected chi connectivity index (χ2v) is 6.67. The molecule has 1 unspecified atom stereocenters. The summed E-state index contributed by atoms with van der Waals surface area (Å²) in [6.07, 6.45) is -0.731. The summed E-state index contributed by atoms with van der Waals surface area (Å²) in [4.78, 5) is 0. The molecule has 2 aromatic rings. The average molecular weight is 407 g/mol. The third kappa shape index (κ3) is 4.02. The van der Waals surface area contributed by atoms with Crippen LogP contribution in [0.25, 0.3) is 10.6 Å². The van der Waals surface area contributed by atoms with Crippen molar-refractivity contribution in [1.82, 2.24) is 0 Å². The van der Waals surface area contributed by atoms with Gasteiger partial charge in [-0.3, -0.25) is 0 Å². The Morgan fingerprint density at radius 2 is 1.71 bits per heavy atom. The van der Waals surface area contributed by atoms with Crippen LogP contribution in [0.3, 0.4) is 0 Å². The zero-order valence-corrected chi connectivity index (χ0v) is 14.9. The summed E-state index contributed by atoms with van der Waals surface area (Å²) in [5, 5.41) is 11.5. The molecule has 0 amide bonds. The summed E-state index contributed by atoms with van der Waals surface area (Å²) < 4.78 is 0.955. The Bertz CT molecular complexity index is 678. The summed E-state index contributed by atoms with van der Waals surface area (Å²) in [5.41, 5.74) is 2.10. The van der Waals surface area contributed by atoms with Gasteiger partial charge in [0.05, 0.1) is 16.2 Å². The minimum absolute atomic E-state index is 0.411. The zero-order valence-electron chi connectivity index (χ0n) is 11.1. The van der Waals surface area contributed by atoms with Crippen LogP contribution in [0.1, 0.15) is 18.1 Å². The summed E-state index contributed by atoms with van der Waals surface area (Å²) in [6.45, 7) is 1.67.